The molecule has 0 spiro atoms. The number of aryl methyl sites for hydroxylation is 1. The lowest BCUT2D eigenvalue weighted by Crippen LogP contribution is -2.35. The van der Waals surface area contributed by atoms with E-state index >= 15 is 0 Å². The van der Waals surface area contributed by atoms with Gasteiger partial charge < -0.3 is 20.2 Å². The number of nitrogens with one attached hydrogen (secondary N) is 1. The number of amides is 1. The second-order valence-electron chi connectivity index (χ2n) is 9.56. The Bertz CT molecular complexity index is 1920. The van der Waals surface area contributed by atoms with Crippen LogP contribution in [0.15, 0.2) is 93.9 Å². The summed E-state index contributed by atoms with van der Waals surface area (Å²) >= 11 is 0. The van der Waals surface area contributed by atoms with E-state index in [4.69, 9.17) is 14.9 Å². The number of carbonyl (C=O) groups is 3. The van der Waals surface area contributed by atoms with Crippen LogP contribution in [0.3, 0.4) is 0 Å². The van der Waals surface area contributed by atoms with E-state index in [0.29, 0.717) is 11.1 Å². The number of esters is 1. The number of nitrogens with two attached hydrogens (primary N) is 1. The standard InChI is InChI=1S/C32H27N5O6/c1-3-42-32(41)22-13-14-26-24(16-22)36-30(43-26)28(39)25(15-20-7-5-4-6-8-20)35-27(38)18-37-29(34-17-23(33)31(37)40)21-11-9-19(2)10-12-21/h4-17H,3,18,33H2,1-2H3,(H,35,38). The van der Waals surface area contributed by atoms with Crippen molar-refractivity contribution in [2.75, 3.05) is 12.3 Å². The topological polar surface area (TPSA) is 159 Å². The molecule has 0 bridgehead atoms. The zero-order valence-electron chi connectivity index (χ0n) is 23.4. The Morgan fingerprint density at radius 3 is 2.51 bits per heavy atom. The van der Waals surface area contributed by atoms with Crippen LogP contribution in [0.5, 0.6) is 0 Å². The van der Waals surface area contributed by atoms with E-state index in [2.05, 4.69) is 15.3 Å². The fourth-order valence-electron chi connectivity index (χ4n) is 4.28. The van der Waals surface area contributed by atoms with Crippen molar-refractivity contribution >= 4 is 40.5 Å². The van der Waals surface area contributed by atoms with Crippen molar-refractivity contribution in [1.82, 2.24) is 19.9 Å². The Kier molecular flexibility index (Phi) is 8.24. The monoisotopic (exact) mass is 577 g/mol. The largest absolute Gasteiger partial charge is 0.462 e. The number of ketones is 1. The highest BCUT2D eigenvalue weighted by molar-refractivity contribution is 6.11. The zero-order chi connectivity index (χ0) is 30.5. The van der Waals surface area contributed by atoms with Crippen molar-refractivity contribution in [2.24, 2.45) is 0 Å². The van der Waals surface area contributed by atoms with Gasteiger partial charge in [0.25, 0.3) is 17.2 Å². The highest BCUT2D eigenvalue weighted by Gasteiger charge is 2.23. The van der Waals surface area contributed by atoms with E-state index in [9.17, 15) is 19.2 Å². The maximum absolute atomic E-state index is 13.6. The van der Waals surface area contributed by atoms with Crippen molar-refractivity contribution in [1.29, 1.82) is 0 Å². The van der Waals surface area contributed by atoms with Gasteiger partial charge in [0.05, 0.1) is 24.1 Å². The molecule has 0 atom stereocenters. The second kappa shape index (κ2) is 12.4. The first-order valence-corrected chi connectivity index (χ1v) is 13.3. The van der Waals surface area contributed by atoms with Crippen LogP contribution in [-0.4, -0.2) is 38.8 Å². The lowest BCUT2D eigenvalue weighted by atomic mass is 10.1. The van der Waals surface area contributed by atoms with Crippen LogP contribution in [0, 0.1) is 6.92 Å². The van der Waals surface area contributed by atoms with Crippen molar-refractivity contribution < 1.29 is 23.5 Å². The second-order valence-corrected chi connectivity index (χ2v) is 9.56. The van der Waals surface area contributed by atoms with Gasteiger partial charge in [-0.05, 0) is 43.7 Å². The third-order valence-corrected chi connectivity index (χ3v) is 6.41. The lowest BCUT2D eigenvalue weighted by Gasteiger charge is -2.14. The third kappa shape index (κ3) is 6.41. The molecule has 1 amide bonds. The van der Waals surface area contributed by atoms with Gasteiger partial charge in [-0.2, -0.15) is 0 Å². The first-order valence-electron chi connectivity index (χ1n) is 13.3. The summed E-state index contributed by atoms with van der Waals surface area (Å²) in [6, 6.07) is 20.6. The van der Waals surface area contributed by atoms with E-state index in [1.165, 1.54) is 30.5 Å². The molecule has 5 rings (SSSR count). The molecule has 3 aromatic carbocycles. The number of carbonyl (C=O) groups excluding carboxylic acids is 3. The van der Waals surface area contributed by atoms with Gasteiger partial charge in [0.15, 0.2) is 5.58 Å². The summed E-state index contributed by atoms with van der Waals surface area (Å²) in [6.45, 7) is 3.35. The van der Waals surface area contributed by atoms with Crippen LogP contribution in [0.1, 0.15) is 39.1 Å². The molecule has 11 heteroatoms. The van der Waals surface area contributed by atoms with E-state index in [1.807, 2.05) is 25.1 Å². The molecule has 216 valence electrons. The normalized spacial score (nSPS) is 11.3. The average Bonchev–Trinajstić information content (AvgIpc) is 3.44. The number of ether oxygens (including phenoxy) is 1. The summed E-state index contributed by atoms with van der Waals surface area (Å²) in [7, 11) is 0. The van der Waals surface area contributed by atoms with E-state index in [0.717, 1.165) is 10.1 Å². The number of anilines is 1. The smallest absolute Gasteiger partial charge is 0.338 e. The van der Waals surface area contributed by atoms with E-state index in [-0.39, 0.29) is 46.4 Å². The van der Waals surface area contributed by atoms with E-state index in [1.54, 1.807) is 43.3 Å². The Morgan fingerprint density at radius 1 is 1.05 bits per heavy atom. The average molecular weight is 578 g/mol. The molecule has 2 aromatic heterocycles. The molecule has 11 nitrogen and oxygen atoms in total. The van der Waals surface area contributed by atoms with Crippen LogP contribution >= 0.6 is 0 Å². The predicted octanol–water partition coefficient (Wildman–Crippen LogP) is 4.16. The number of oxazole rings is 1. The number of hydrogen-bond donors (Lipinski definition) is 2. The fourth-order valence-corrected chi connectivity index (χ4v) is 4.28. The molecular formula is C32H27N5O6. The Hall–Kier alpha value is -5.84. The van der Waals surface area contributed by atoms with Crippen LogP contribution in [0.25, 0.3) is 28.6 Å². The van der Waals surface area contributed by atoms with Gasteiger partial charge in [0.1, 0.15) is 23.6 Å². The molecule has 0 aliphatic rings. The summed E-state index contributed by atoms with van der Waals surface area (Å²) in [6.07, 6.45) is 2.72. The maximum atomic E-state index is 13.6. The number of aromatic nitrogens is 3. The van der Waals surface area contributed by atoms with Gasteiger partial charge in [-0.25, -0.2) is 14.8 Å². The number of nitrogens with zero attached hydrogens (tertiary/aromatic N) is 3. The summed E-state index contributed by atoms with van der Waals surface area (Å²) < 4.78 is 11.9. The summed E-state index contributed by atoms with van der Waals surface area (Å²) in [5.74, 6) is -2.00. The molecule has 0 fully saturated rings. The molecule has 0 saturated carbocycles. The number of nitrogen functional groups attached to an aromatic ring is 1. The highest BCUT2D eigenvalue weighted by Crippen LogP contribution is 2.21. The first kappa shape index (κ1) is 28.7. The predicted molar refractivity (Wildman–Crippen MR) is 160 cm³/mol. The molecular weight excluding hydrogens is 550 g/mol. The fraction of sp³-hybridized carbons (Fsp3) is 0.125. The van der Waals surface area contributed by atoms with Crippen molar-refractivity contribution in [2.45, 2.75) is 20.4 Å². The van der Waals surface area contributed by atoms with Crippen LogP contribution in [0.2, 0.25) is 0 Å². The quantitative estimate of drug-likeness (QED) is 0.149. The van der Waals surface area contributed by atoms with Crippen LogP contribution in [-0.2, 0) is 16.1 Å². The maximum Gasteiger partial charge on any atom is 0.338 e. The number of fused-ring (bicyclic) bond motifs is 1. The minimum atomic E-state index is -0.720. The van der Waals surface area contributed by atoms with Crippen LogP contribution < -0.4 is 16.6 Å². The lowest BCUT2D eigenvalue weighted by molar-refractivity contribution is -0.120. The minimum Gasteiger partial charge on any atom is -0.462 e. The number of Topliss-reactive ketones (excluding diaryl/α,β-unsaturated/α-hetero) is 1. The third-order valence-electron chi connectivity index (χ3n) is 6.41. The van der Waals surface area contributed by atoms with Crippen molar-refractivity contribution in [3.63, 3.8) is 0 Å². The van der Waals surface area contributed by atoms with Crippen molar-refractivity contribution in [3.8, 4) is 11.4 Å². The summed E-state index contributed by atoms with van der Waals surface area (Å²) in [5, 5.41) is 2.61. The molecule has 5 aromatic rings. The van der Waals surface area contributed by atoms with Gasteiger partial charge in [0.2, 0.25) is 5.91 Å². The number of rotatable bonds is 9. The van der Waals surface area contributed by atoms with Gasteiger partial charge in [-0.3, -0.25) is 19.0 Å². The Morgan fingerprint density at radius 2 is 1.79 bits per heavy atom. The Balaban J connectivity index is 1.47. The van der Waals surface area contributed by atoms with Gasteiger partial charge >= 0.3 is 5.97 Å². The van der Waals surface area contributed by atoms with Crippen molar-refractivity contribution in [3.05, 3.63) is 118 Å². The van der Waals surface area contributed by atoms with Gasteiger partial charge in [-0.1, -0.05) is 60.2 Å². The minimum absolute atomic E-state index is 0.131. The zero-order valence-corrected chi connectivity index (χ0v) is 23.4. The Labute approximate surface area is 245 Å². The van der Waals surface area contributed by atoms with Gasteiger partial charge in [0, 0.05) is 5.56 Å². The molecule has 0 aliphatic heterocycles. The molecule has 0 radical (unpaired) electrons. The molecule has 0 aliphatic carbocycles. The van der Waals surface area contributed by atoms with E-state index < -0.39 is 29.8 Å². The molecule has 3 N–H and O–H groups in total. The highest BCUT2D eigenvalue weighted by atomic mass is 16.5. The first-order chi connectivity index (χ1) is 20.7. The van der Waals surface area contributed by atoms with Crippen LogP contribution in [0.4, 0.5) is 5.69 Å². The number of benzene rings is 3. The summed E-state index contributed by atoms with van der Waals surface area (Å²) in [5.41, 5.74) is 7.98. The van der Waals surface area contributed by atoms with Gasteiger partial charge in [-0.15, -0.1) is 0 Å². The molecule has 2 heterocycles. The number of allylic oxidation sites excluding steroid dienone is 1. The number of hydrogen-bond acceptors (Lipinski definition) is 9. The molecule has 43 heavy (non-hydrogen) atoms. The molecule has 0 saturated heterocycles. The molecule has 0 unspecified atom stereocenters. The summed E-state index contributed by atoms with van der Waals surface area (Å²) in [4.78, 5) is 60.7. The SMILES string of the molecule is CCOC(=O)c1ccc2oc(C(=O)C(=Cc3ccccc3)NC(=O)Cn3c(-c4ccc(C)cc4)ncc(N)c3=O)nc2c1.